The second-order valence-electron chi connectivity index (χ2n) is 10.1. The third-order valence-corrected chi connectivity index (χ3v) is 7.82. The van der Waals surface area contributed by atoms with Gasteiger partial charge in [-0.3, -0.25) is 9.69 Å². The van der Waals surface area contributed by atoms with Gasteiger partial charge < -0.3 is 15.1 Å². The van der Waals surface area contributed by atoms with E-state index in [1.807, 2.05) is 42.5 Å². The number of phenolic OH excluding ortho intramolecular Hbond substituents is 1. The largest absolute Gasteiger partial charge is 0.508 e. The van der Waals surface area contributed by atoms with Crippen LogP contribution in [-0.2, 0) is 16.0 Å². The van der Waals surface area contributed by atoms with Crippen molar-refractivity contribution >= 4 is 11.9 Å². The van der Waals surface area contributed by atoms with Crippen LogP contribution in [0.4, 0.5) is 0 Å². The molecular formula is C28H36N2O4. The van der Waals surface area contributed by atoms with Gasteiger partial charge in [-0.25, -0.2) is 4.79 Å². The van der Waals surface area contributed by atoms with Crippen LogP contribution in [0, 0.1) is 17.8 Å². The molecule has 182 valence electrons. The summed E-state index contributed by atoms with van der Waals surface area (Å²) in [7, 11) is 0. The molecule has 6 nitrogen and oxygen atoms in total. The molecule has 6 heteroatoms. The number of carboxylic acids is 1. The van der Waals surface area contributed by atoms with Gasteiger partial charge in [0.1, 0.15) is 11.8 Å². The Morgan fingerprint density at radius 1 is 1.03 bits per heavy atom. The van der Waals surface area contributed by atoms with Gasteiger partial charge in [-0.2, -0.15) is 0 Å². The van der Waals surface area contributed by atoms with Crippen molar-refractivity contribution in [3.63, 3.8) is 0 Å². The molecule has 2 aliphatic heterocycles. The number of rotatable bonds is 7. The Balaban J connectivity index is 1.63. The summed E-state index contributed by atoms with van der Waals surface area (Å²) in [4.78, 5) is 29.6. The van der Waals surface area contributed by atoms with Crippen molar-refractivity contribution in [2.75, 3.05) is 19.6 Å². The first-order valence-electron chi connectivity index (χ1n) is 12.5. The fourth-order valence-corrected chi connectivity index (χ4v) is 5.78. The van der Waals surface area contributed by atoms with E-state index >= 15 is 0 Å². The van der Waals surface area contributed by atoms with Gasteiger partial charge in [-0.1, -0.05) is 56.3 Å². The monoisotopic (exact) mass is 464 g/mol. The molecule has 2 heterocycles. The Morgan fingerprint density at radius 3 is 2.50 bits per heavy atom. The predicted molar refractivity (Wildman–Crippen MR) is 131 cm³/mol. The Kier molecular flexibility index (Phi) is 7.57. The third kappa shape index (κ3) is 5.27. The average molecular weight is 465 g/mol. The quantitative estimate of drug-likeness (QED) is 0.637. The van der Waals surface area contributed by atoms with Gasteiger partial charge >= 0.3 is 5.97 Å². The molecule has 2 saturated heterocycles. The number of carbonyl (C=O) groups is 2. The minimum absolute atomic E-state index is 0.0605. The average Bonchev–Trinajstić information content (AvgIpc) is 3.32. The number of amides is 1. The molecule has 2 N–H and O–H groups in total. The molecular weight excluding hydrogens is 428 g/mol. The lowest BCUT2D eigenvalue weighted by Crippen LogP contribution is -2.49. The van der Waals surface area contributed by atoms with Crippen molar-refractivity contribution in [3.8, 4) is 5.75 Å². The van der Waals surface area contributed by atoms with E-state index in [2.05, 4.69) is 24.8 Å². The summed E-state index contributed by atoms with van der Waals surface area (Å²) in [6.07, 6.45) is 2.87. The van der Waals surface area contributed by atoms with Gasteiger partial charge in [0.25, 0.3) is 0 Å². The zero-order valence-electron chi connectivity index (χ0n) is 20.1. The number of carboxylic acid groups (broad SMARTS) is 1. The number of piperidine rings is 1. The molecule has 0 bridgehead atoms. The molecule has 5 atom stereocenters. The van der Waals surface area contributed by atoms with Crippen molar-refractivity contribution < 1.29 is 19.8 Å². The molecule has 1 unspecified atom stereocenters. The van der Waals surface area contributed by atoms with Crippen LogP contribution < -0.4 is 0 Å². The van der Waals surface area contributed by atoms with Crippen molar-refractivity contribution in [2.45, 2.75) is 51.6 Å². The van der Waals surface area contributed by atoms with Crippen LogP contribution in [0.15, 0.2) is 54.6 Å². The van der Waals surface area contributed by atoms with E-state index in [9.17, 15) is 19.8 Å². The van der Waals surface area contributed by atoms with Crippen molar-refractivity contribution in [1.29, 1.82) is 0 Å². The maximum Gasteiger partial charge on any atom is 0.326 e. The van der Waals surface area contributed by atoms with Gasteiger partial charge in [0.15, 0.2) is 0 Å². The number of benzene rings is 2. The lowest BCUT2D eigenvalue weighted by atomic mass is 9.78. The standard InChI is InChI=1S/C28H36N2O4/c1-19-13-15-29(26(20(19)2)22-10-6-11-24(31)17-22)18-23(16-21-8-4-3-5-9-21)27(32)30-14-7-12-25(30)28(33)34/h3-6,8-11,17,19-20,23,25-26,31H,7,12-16,18H2,1-2H3,(H,33,34)/t19-,20-,23+,25-,26?/m1/s1. The number of aromatic hydroxyl groups is 1. The number of carbonyl (C=O) groups excluding carboxylic acids is 1. The maximum atomic E-state index is 13.8. The number of hydrogen-bond donors (Lipinski definition) is 2. The number of hydrogen-bond acceptors (Lipinski definition) is 4. The smallest absolute Gasteiger partial charge is 0.326 e. The summed E-state index contributed by atoms with van der Waals surface area (Å²) in [6, 6.07) is 16.8. The van der Waals surface area contributed by atoms with Gasteiger partial charge in [0, 0.05) is 19.1 Å². The van der Waals surface area contributed by atoms with Crippen molar-refractivity contribution in [1.82, 2.24) is 9.80 Å². The van der Waals surface area contributed by atoms with Gasteiger partial charge in [-0.05, 0) is 67.3 Å². The van der Waals surface area contributed by atoms with Crippen LogP contribution in [0.5, 0.6) is 5.75 Å². The van der Waals surface area contributed by atoms with E-state index in [1.54, 1.807) is 11.0 Å². The summed E-state index contributed by atoms with van der Waals surface area (Å²) in [5, 5.41) is 19.8. The topological polar surface area (TPSA) is 81.1 Å². The van der Waals surface area contributed by atoms with Crippen molar-refractivity contribution in [2.24, 2.45) is 17.8 Å². The van der Waals surface area contributed by atoms with E-state index in [0.717, 1.165) is 30.5 Å². The Hall–Kier alpha value is -2.86. The van der Waals surface area contributed by atoms with Gasteiger partial charge in [-0.15, -0.1) is 0 Å². The van der Waals surface area contributed by atoms with Gasteiger partial charge in [0.2, 0.25) is 5.91 Å². The molecule has 1 amide bonds. The molecule has 2 aromatic rings. The normalized spacial score (nSPS) is 26.4. The van der Waals surface area contributed by atoms with E-state index in [4.69, 9.17) is 0 Å². The van der Waals surface area contributed by atoms with E-state index in [-0.39, 0.29) is 23.6 Å². The second kappa shape index (κ2) is 10.6. The Morgan fingerprint density at radius 2 is 1.79 bits per heavy atom. The second-order valence-corrected chi connectivity index (χ2v) is 10.1. The summed E-state index contributed by atoms with van der Waals surface area (Å²) in [5.74, 6) is -0.163. The van der Waals surface area contributed by atoms with Crippen LogP contribution in [0.3, 0.4) is 0 Å². The molecule has 4 rings (SSSR count). The maximum absolute atomic E-state index is 13.8. The first kappa shape index (κ1) is 24.3. The Labute approximate surface area is 202 Å². The summed E-state index contributed by atoms with van der Waals surface area (Å²) in [5.41, 5.74) is 2.15. The first-order chi connectivity index (χ1) is 16.3. The lowest BCUT2D eigenvalue weighted by molar-refractivity contribution is -0.150. The third-order valence-electron chi connectivity index (χ3n) is 7.82. The van der Waals surface area contributed by atoms with Crippen LogP contribution in [0.25, 0.3) is 0 Å². The highest BCUT2D eigenvalue weighted by Crippen LogP contribution is 2.40. The molecule has 2 aliphatic rings. The minimum Gasteiger partial charge on any atom is -0.508 e. The first-order valence-corrected chi connectivity index (χ1v) is 12.5. The van der Waals surface area contributed by atoms with Crippen LogP contribution in [0.2, 0.25) is 0 Å². The Bertz CT molecular complexity index is 995. The minimum atomic E-state index is -0.914. The summed E-state index contributed by atoms with van der Waals surface area (Å²) >= 11 is 0. The molecule has 0 saturated carbocycles. The summed E-state index contributed by atoms with van der Waals surface area (Å²) in [6.45, 7) is 6.46. The molecule has 2 aromatic carbocycles. The highest BCUT2D eigenvalue weighted by atomic mass is 16.4. The number of phenols is 1. The summed E-state index contributed by atoms with van der Waals surface area (Å²) < 4.78 is 0. The highest BCUT2D eigenvalue weighted by Gasteiger charge is 2.40. The lowest BCUT2D eigenvalue weighted by Gasteiger charge is -2.45. The molecule has 0 aromatic heterocycles. The van der Waals surface area contributed by atoms with E-state index in [0.29, 0.717) is 37.8 Å². The molecule has 0 spiro atoms. The highest BCUT2D eigenvalue weighted by molar-refractivity contribution is 5.86. The van der Waals surface area contributed by atoms with Gasteiger partial charge in [0.05, 0.1) is 5.92 Å². The fraction of sp³-hybridized carbons (Fsp3) is 0.500. The van der Waals surface area contributed by atoms with Crippen LogP contribution in [0.1, 0.15) is 50.3 Å². The molecule has 2 fully saturated rings. The van der Waals surface area contributed by atoms with Crippen LogP contribution in [-0.4, -0.2) is 57.6 Å². The molecule has 0 radical (unpaired) electrons. The van der Waals surface area contributed by atoms with E-state index in [1.165, 1.54) is 0 Å². The van der Waals surface area contributed by atoms with E-state index < -0.39 is 12.0 Å². The number of nitrogens with zero attached hydrogens (tertiary/aromatic N) is 2. The molecule has 0 aliphatic carbocycles. The SMILES string of the molecule is C[C@@H]1CCN(C[C@H](Cc2ccccc2)C(=O)N2CCC[C@@H]2C(=O)O)C(c2cccc(O)c2)[C@@H]1C. The zero-order chi connectivity index (χ0) is 24.2. The molecule has 34 heavy (non-hydrogen) atoms. The fourth-order valence-electron chi connectivity index (χ4n) is 5.78. The number of aliphatic carboxylic acids is 1. The van der Waals surface area contributed by atoms with Crippen molar-refractivity contribution in [3.05, 3.63) is 65.7 Å². The van der Waals surface area contributed by atoms with Crippen LogP contribution >= 0.6 is 0 Å². The number of likely N-dealkylation sites (tertiary alicyclic amines) is 2. The predicted octanol–water partition coefficient (Wildman–Crippen LogP) is 4.35. The zero-order valence-corrected chi connectivity index (χ0v) is 20.1.